The van der Waals surface area contributed by atoms with E-state index in [4.69, 9.17) is 9.15 Å². The van der Waals surface area contributed by atoms with Crippen molar-refractivity contribution in [1.82, 2.24) is 5.43 Å². The Balaban J connectivity index is 1.58. The number of benzene rings is 2. The molecule has 0 atom stereocenters. The van der Waals surface area contributed by atoms with E-state index in [1.165, 1.54) is 24.6 Å². The molecule has 1 N–H and O–H groups in total. The lowest BCUT2D eigenvalue weighted by atomic mass is 10.2. The van der Waals surface area contributed by atoms with Crippen LogP contribution in [-0.4, -0.2) is 18.1 Å². The fourth-order valence-corrected chi connectivity index (χ4v) is 2.68. The molecule has 140 valence electrons. The Morgan fingerprint density at radius 2 is 1.93 bits per heavy atom. The average molecular weight is 439 g/mol. The Labute approximate surface area is 169 Å². The summed E-state index contributed by atoms with van der Waals surface area (Å²) in [7, 11) is 0. The van der Waals surface area contributed by atoms with Crippen molar-refractivity contribution in [3.63, 3.8) is 0 Å². The first kappa shape index (κ1) is 19.3. The quantitative estimate of drug-likeness (QED) is 0.203. The van der Waals surface area contributed by atoms with Crippen LogP contribution in [0.2, 0.25) is 0 Å². The second-order valence-corrected chi connectivity index (χ2v) is 6.38. The maximum Gasteiger partial charge on any atom is 0.336 e. The molecule has 2 aromatic carbocycles. The zero-order valence-corrected chi connectivity index (χ0v) is 16.1. The van der Waals surface area contributed by atoms with Gasteiger partial charge in [0.1, 0.15) is 11.5 Å². The normalized spacial score (nSPS) is 11.0. The van der Waals surface area contributed by atoms with Gasteiger partial charge in [-0.25, -0.2) is 10.2 Å². The van der Waals surface area contributed by atoms with Crippen molar-refractivity contribution >= 4 is 40.1 Å². The van der Waals surface area contributed by atoms with Crippen molar-refractivity contribution in [3.8, 4) is 5.75 Å². The van der Waals surface area contributed by atoms with Crippen molar-refractivity contribution in [2.24, 2.45) is 5.10 Å². The lowest BCUT2D eigenvalue weighted by Gasteiger charge is -2.03. The number of amides is 1. The molecule has 6 nitrogen and oxygen atoms in total. The standard InChI is InChI=1S/C21H15BrN2O4/c22-19-9-2-1-8-18(19)21(26)24-23-14-15-5-3-6-17(13-15)28-20(25)11-10-16-7-4-12-27-16/h1-14H,(H,24,26)/b11-10+,23-14+. The van der Waals surface area contributed by atoms with E-state index in [1.807, 2.05) is 6.07 Å². The van der Waals surface area contributed by atoms with Gasteiger partial charge in [-0.05, 0) is 64.0 Å². The Morgan fingerprint density at radius 3 is 2.71 bits per heavy atom. The molecular weight excluding hydrogens is 424 g/mol. The molecule has 7 heteroatoms. The third-order valence-corrected chi connectivity index (χ3v) is 4.19. The predicted octanol–water partition coefficient (Wildman–Crippen LogP) is 4.42. The number of carbonyl (C=O) groups excluding carboxylic acids is 2. The smallest absolute Gasteiger partial charge is 0.336 e. The van der Waals surface area contributed by atoms with Gasteiger partial charge in [0, 0.05) is 10.5 Å². The highest BCUT2D eigenvalue weighted by Gasteiger charge is 2.07. The highest BCUT2D eigenvalue weighted by atomic mass is 79.9. The number of hydrogen-bond acceptors (Lipinski definition) is 5. The van der Waals surface area contributed by atoms with E-state index in [0.717, 1.165) is 0 Å². The van der Waals surface area contributed by atoms with Crippen LogP contribution in [0.25, 0.3) is 6.08 Å². The summed E-state index contributed by atoms with van der Waals surface area (Å²) >= 11 is 3.32. The second kappa shape index (κ2) is 9.48. The number of ether oxygens (including phenoxy) is 1. The zero-order chi connectivity index (χ0) is 19.8. The van der Waals surface area contributed by atoms with Gasteiger partial charge < -0.3 is 9.15 Å². The number of furan rings is 1. The van der Waals surface area contributed by atoms with E-state index in [-0.39, 0.29) is 5.91 Å². The first-order chi connectivity index (χ1) is 13.6. The van der Waals surface area contributed by atoms with Gasteiger partial charge in [-0.3, -0.25) is 4.79 Å². The minimum absolute atomic E-state index is 0.339. The van der Waals surface area contributed by atoms with Crippen LogP contribution in [0.4, 0.5) is 0 Å². The SMILES string of the molecule is O=C(/C=C/c1ccco1)Oc1cccc(/C=N/NC(=O)c2ccccc2Br)c1. The number of halogens is 1. The highest BCUT2D eigenvalue weighted by Crippen LogP contribution is 2.16. The fourth-order valence-electron chi connectivity index (χ4n) is 2.22. The highest BCUT2D eigenvalue weighted by molar-refractivity contribution is 9.10. The molecule has 0 fully saturated rings. The topological polar surface area (TPSA) is 80.9 Å². The molecule has 0 aliphatic rings. The van der Waals surface area contributed by atoms with Gasteiger partial charge in [-0.15, -0.1) is 0 Å². The number of hydrazone groups is 1. The number of rotatable bonds is 6. The van der Waals surface area contributed by atoms with E-state index < -0.39 is 5.97 Å². The molecule has 0 saturated heterocycles. The van der Waals surface area contributed by atoms with Crippen molar-refractivity contribution in [3.05, 3.63) is 94.4 Å². The van der Waals surface area contributed by atoms with Crippen LogP contribution in [-0.2, 0) is 4.79 Å². The van der Waals surface area contributed by atoms with Gasteiger partial charge in [0.25, 0.3) is 5.91 Å². The fraction of sp³-hybridized carbons (Fsp3) is 0. The summed E-state index contributed by atoms with van der Waals surface area (Å²) in [5.74, 6) is 0.0379. The van der Waals surface area contributed by atoms with Crippen molar-refractivity contribution in [2.75, 3.05) is 0 Å². The molecule has 0 unspecified atom stereocenters. The summed E-state index contributed by atoms with van der Waals surface area (Å²) in [6.45, 7) is 0. The van der Waals surface area contributed by atoms with Crippen LogP contribution in [0.15, 0.2) is 87.0 Å². The predicted molar refractivity (Wildman–Crippen MR) is 109 cm³/mol. The number of esters is 1. The minimum atomic E-state index is -0.535. The Morgan fingerprint density at radius 1 is 1.07 bits per heavy atom. The van der Waals surface area contributed by atoms with E-state index in [0.29, 0.717) is 27.1 Å². The van der Waals surface area contributed by atoms with Gasteiger partial charge in [-0.1, -0.05) is 24.3 Å². The Hall–Kier alpha value is -3.45. The monoisotopic (exact) mass is 438 g/mol. The number of hydrogen-bond donors (Lipinski definition) is 1. The van der Waals surface area contributed by atoms with E-state index in [1.54, 1.807) is 54.6 Å². The lowest BCUT2D eigenvalue weighted by molar-refractivity contribution is -0.128. The van der Waals surface area contributed by atoms with Crippen molar-refractivity contribution in [1.29, 1.82) is 0 Å². The third kappa shape index (κ3) is 5.52. The molecule has 0 saturated carbocycles. The minimum Gasteiger partial charge on any atom is -0.465 e. The van der Waals surface area contributed by atoms with Crippen molar-refractivity contribution in [2.45, 2.75) is 0 Å². The molecule has 1 amide bonds. The molecule has 0 spiro atoms. The summed E-state index contributed by atoms with van der Waals surface area (Å²) in [4.78, 5) is 24.0. The molecule has 0 aliphatic heterocycles. The molecule has 28 heavy (non-hydrogen) atoms. The number of nitrogens with one attached hydrogen (secondary N) is 1. The lowest BCUT2D eigenvalue weighted by Crippen LogP contribution is -2.18. The van der Waals surface area contributed by atoms with Gasteiger partial charge in [0.2, 0.25) is 0 Å². The van der Waals surface area contributed by atoms with Gasteiger partial charge in [-0.2, -0.15) is 5.10 Å². The van der Waals surface area contributed by atoms with Crippen molar-refractivity contribution < 1.29 is 18.7 Å². The first-order valence-electron chi connectivity index (χ1n) is 8.23. The van der Waals surface area contributed by atoms with Crippen LogP contribution in [0.1, 0.15) is 21.7 Å². The van der Waals surface area contributed by atoms with Crippen LogP contribution >= 0.6 is 15.9 Å². The molecule has 0 aliphatic carbocycles. The van der Waals surface area contributed by atoms with Gasteiger partial charge >= 0.3 is 5.97 Å². The van der Waals surface area contributed by atoms with Crippen LogP contribution in [0.5, 0.6) is 5.75 Å². The van der Waals surface area contributed by atoms with Gasteiger partial charge in [0.05, 0.1) is 18.0 Å². The Bertz CT molecular complexity index is 1030. The molecule has 1 heterocycles. The Kier molecular flexibility index (Phi) is 6.54. The van der Waals surface area contributed by atoms with E-state index in [2.05, 4.69) is 26.5 Å². The van der Waals surface area contributed by atoms with Crippen LogP contribution < -0.4 is 10.2 Å². The van der Waals surface area contributed by atoms with Crippen LogP contribution in [0, 0.1) is 0 Å². The summed E-state index contributed by atoms with van der Waals surface area (Å²) in [5, 5.41) is 3.94. The van der Waals surface area contributed by atoms with E-state index in [9.17, 15) is 9.59 Å². The molecule has 0 bridgehead atoms. The average Bonchev–Trinajstić information content (AvgIpc) is 3.21. The van der Waals surface area contributed by atoms with Crippen LogP contribution in [0.3, 0.4) is 0 Å². The van der Waals surface area contributed by atoms with Gasteiger partial charge in [0.15, 0.2) is 0 Å². The first-order valence-corrected chi connectivity index (χ1v) is 9.02. The molecule has 3 aromatic rings. The maximum atomic E-state index is 12.1. The summed E-state index contributed by atoms with van der Waals surface area (Å²) in [5.41, 5.74) is 3.59. The molecular formula is C21H15BrN2O4. The largest absolute Gasteiger partial charge is 0.465 e. The molecule has 1 aromatic heterocycles. The van der Waals surface area contributed by atoms with E-state index >= 15 is 0 Å². The zero-order valence-electron chi connectivity index (χ0n) is 14.5. The summed E-state index contributed by atoms with van der Waals surface area (Å²) in [6.07, 6.45) is 5.77. The number of carbonyl (C=O) groups is 2. The summed E-state index contributed by atoms with van der Waals surface area (Å²) < 4.78 is 11.0. The molecule has 3 rings (SSSR count). The molecule has 0 radical (unpaired) electrons. The third-order valence-electron chi connectivity index (χ3n) is 3.50. The second-order valence-electron chi connectivity index (χ2n) is 5.52. The summed E-state index contributed by atoms with van der Waals surface area (Å²) in [6, 6.07) is 17.3. The maximum absolute atomic E-state index is 12.1. The number of nitrogens with zero attached hydrogens (tertiary/aromatic N) is 1.